The van der Waals surface area contributed by atoms with Crippen molar-refractivity contribution < 1.29 is 85.5 Å². The Morgan fingerprint density at radius 1 is 0.473 bits per heavy atom. The lowest BCUT2D eigenvalue weighted by molar-refractivity contribution is 0.0197. The average Bonchev–Trinajstić information content (AvgIpc) is 3.11. The first-order valence-corrected chi connectivity index (χ1v) is 21.0. The summed E-state index contributed by atoms with van der Waals surface area (Å²) in [5, 5.41) is 29.7. The van der Waals surface area contributed by atoms with Crippen molar-refractivity contribution >= 4 is 63.5 Å². The second kappa shape index (κ2) is 19.5. The molecule has 5 N–H and O–H groups in total. The Morgan fingerprint density at radius 3 is 0.909 bits per heavy atom. The molecule has 304 valence electrons. The number of aliphatic hydroxyl groups excluding tert-OH is 3. The van der Waals surface area contributed by atoms with Gasteiger partial charge in [0.25, 0.3) is 9.05 Å². The lowest BCUT2D eigenvalue weighted by Gasteiger charge is -2.15. The van der Waals surface area contributed by atoms with E-state index in [0.717, 1.165) is 45.8 Å². The number of hydrogen-bond acceptors (Lipinski definition) is 15. The van der Waals surface area contributed by atoms with E-state index in [2.05, 4.69) is 19.0 Å². The lowest BCUT2D eigenvalue weighted by atomic mass is 10.3. The van der Waals surface area contributed by atoms with Gasteiger partial charge in [-0.3, -0.25) is 0 Å². The summed E-state index contributed by atoms with van der Waals surface area (Å²) in [6, 6.07) is 23.8. The highest BCUT2D eigenvalue weighted by Crippen LogP contribution is 2.33. The third-order valence-electron chi connectivity index (χ3n) is 5.84. The topological polar surface area (TPSA) is 222 Å². The van der Waals surface area contributed by atoms with Gasteiger partial charge in [-0.2, -0.15) is 43.2 Å². The van der Waals surface area contributed by atoms with Crippen LogP contribution in [0.4, 0.5) is 26.3 Å². The van der Waals surface area contributed by atoms with Crippen molar-refractivity contribution in [2.24, 2.45) is 0 Å². The van der Waals surface area contributed by atoms with Crippen molar-refractivity contribution in [3.05, 3.63) is 97.1 Å². The van der Waals surface area contributed by atoms with E-state index in [1.807, 2.05) is 24.3 Å². The van der Waals surface area contributed by atoms with Gasteiger partial charge < -0.3 is 33.9 Å². The fourth-order valence-corrected chi connectivity index (χ4v) is 6.26. The molecular formula is C30H27ClF6O13S5. The van der Waals surface area contributed by atoms with Crippen LogP contribution < -0.4 is 8.37 Å². The largest absolute Gasteiger partial charge is 0.508 e. The maximum absolute atomic E-state index is 13.1. The predicted molar refractivity (Wildman–Crippen MR) is 187 cm³/mol. The molecule has 0 aliphatic carbocycles. The Bertz CT molecular complexity index is 2030. The van der Waals surface area contributed by atoms with Crippen LogP contribution in [0.15, 0.2) is 117 Å². The van der Waals surface area contributed by atoms with Crippen molar-refractivity contribution in [2.45, 2.75) is 35.3 Å². The van der Waals surface area contributed by atoms with Gasteiger partial charge in [0.2, 0.25) is 0 Å². The molecule has 0 saturated carbocycles. The number of phenolic OH excluding ortho intramolecular Hbond substituents is 2. The fourth-order valence-electron chi connectivity index (χ4n) is 3.04. The van der Waals surface area contributed by atoms with Crippen LogP contribution in [0.25, 0.3) is 0 Å². The van der Waals surface area contributed by atoms with Crippen molar-refractivity contribution in [1.82, 2.24) is 0 Å². The van der Waals surface area contributed by atoms with Gasteiger partial charge in [0.05, 0.1) is 0 Å². The number of phenols is 2. The van der Waals surface area contributed by atoms with E-state index in [0.29, 0.717) is 9.79 Å². The Labute approximate surface area is 322 Å². The Hall–Kier alpha value is -3.62. The van der Waals surface area contributed by atoms with Crippen LogP contribution in [0.3, 0.4) is 0 Å². The van der Waals surface area contributed by atoms with Gasteiger partial charge in [-0.15, -0.1) is 0 Å². The van der Waals surface area contributed by atoms with Gasteiger partial charge in [0.1, 0.15) is 42.8 Å². The maximum atomic E-state index is 13.1. The summed E-state index contributed by atoms with van der Waals surface area (Å²) < 4.78 is 149. The van der Waals surface area contributed by atoms with Crippen molar-refractivity contribution in [3.63, 3.8) is 0 Å². The smallest absolute Gasteiger partial charge is 0.402 e. The molecule has 55 heavy (non-hydrogen) atoms. The monoisotopic (exact) mass is 904 g/mol. The average molecular weight is 905 g/mol. The summed E-state index contributed by atoms with van der Waals surface area (Å²) in [5.74, 6) is -0.303. The third kappa shape index (κ3) is 14.4. The van der Waals surface area contributed by atoms with E-state index in [4.69, 9.17) is 25.5 Å². The Balaban J connectivity index is 0.000000356. The zero-order chi connectivity index (χ0) is 41.9. The molecule has 0 fully saturated rings. The van der Waals surface area contributed by atoms with Crippen LogP contribution in [0, 0.1) is 0 Å². The molecule has 4 rings (SSSR count). The van der Waals surface area contributed by atoms with E-state index in [1.54, 1.807) is 36.0 Å². The number of hydrogen-bond donors (Lipinski definition) is 5. The molecule has 13 nitrogen and oxygen atoms in total. The SMILES string of the molecule is O=S(=O)(Cl)C(F)(F)CO.O=S(=O)(Oc1ccc(Sc2ccc(OS(=O)(=O)C(F)(F)CO)cc2)cc1)C(F)(F)CO.Oc1ccc(Sc2ccc(O)cc2)cc1. The van der Waals surface area contributed by atoms with Crippen molar-refractivity contribution in [2.75, 3.05) is 19.8 Å². The highest BCUT2D eigenvalue weighted by atomic mass is 35.7. The van der Waals surface area contributed by atoms with Crippen LogP contribution in [-0.2, 0) is 29.3 Å². The third-order valence-corrected chi connectivity index (χ3v) is 11.9. The van der Waals surface area contributed by atoms with Gasteiger partial charge in [0.15, 0.2) is 0 Å². The number of aliphatic hydroxyl groups is 3. The number of halogens is 7. The summed E-state index contributed by atoms with van der Waals surface area (Å²) in [6.45, 7) is -5.68. The summed E-state index contributed by atoms with van der Waals surface area (Å²) in [5.41, 5.74) is 0. The zero-order valence-electron chi connectivity index (χ0n) is 27.0. The van der Waals surface area contributed by atoms with Gasteiger partial charge in [-0.05, 0) is 97.1 Å². The molecule has 0 aliphatic heterocycles. The minimum atomic E-state index is -5.39. The summed E-state index contributed by atoms with van der Waals surface area (Å²) >= 11 is 2.66. The van der Waals surface area contributed by atoms with Crippen molar-refractivity contribution in [1.29, 1.82) is 0 Å². The normalized spacial score (nSPS) is 12.4. The first kappa shape index (κ1) is 47.5. The van der Waals surface area contributed by atoms with E-state index >= 15 is 0 Å². The highest BCUT2D eigenvalue weighted by Gasteiger charge is 2.48. The molecule has 4 aromatic carbocycles. The van der Waals surface area contributed by atoms with E-state index in [1.165, 1.54) is 24.3 Å². The lowest BCUT2D eigenvalue weighted by Crippen LogP contribution is -2.36. The van der Waals surface area contributed by atoms with Gasteiger partial charge in [0, 0.05) is 30.3 Å². The molecule has 0 aliphatic rings. The first-order valence-electron chi connectivity index (χ1n) is 14.2. The van der Waals surface area contributed by atoms with Crippen LogP contribution in [-0.4, -0.2) is 86.4 Å². The number of aromatic hydroxyl groups is 2. The summed E-state index contributed by atoms with van der Waals surface area (Å²) in [7, 11) is -11.6. The molecule has 4 aromatic rings. The van der Waals surface area contributed by atoms with Gasteiger partial charge in [-0.1, -0.05) is 23.5 Å². The summed E-state index contributed by atoms with van der Waals surface area (Å²) in [4.78, 5) is 3.09. The summed E-state index contributed by atoms with van der Waals surface area (Å²) in [6.07, 6.45) is 0. The fraction of sp³-hybridized carbons (Fsp3) is 0.200. The Kier molecular flexibility index (Phi) is 16.8. The second-order valence-corrected chi connectivity index (χ2v) is 18.4. The molecule has 25 heteroatoms. The molecule has 0 atom stereocenters. The molecule has 0 spiro atoms. The molecule has 0 aromatic heterocycles. The Morgan fingerprint density at radius 2 is 0.709 bits per heavy atom. The predicted octanol–water partition coefficient (Wildman–Crippen LogP) is 5.81. The molecule has 0 bridgehead atoms. The minimum absolute atomic E-state index is 0.269. The van der Waals surface area contributed by atoms with E-state index in [-0.39, 0.29) is 11.5 Å². The number of alkyl halides is 6. The molecule has 0 amide bonds. The van der Waals surface area contributed by atoms with Crippen LogP contribution in [0.1, 0.15) is 0 Å². The number of rotatable bonds is 14. The zero-order valence-corrected chi connectivity index (χ0v) is 31.9. The van der Waals surface area contributed by atoms with Gasteiger partial charge in [-0.25, -0.2) is 8.42 Å². The number of benzene rings is 4. The molecule has 0 unspecified atom stereocenters. The standard InChI is InChI=1S/C16H14F4O8S3.C12H10O2S.C2H3ClF2O3S/c17-15(18,9-21)30(23,24)27-11-1-5-13(6-2-11)29-14-7-3-12(4-8-14)28-31(25,26)16(19,20)10-22;13-9-1-5-11(6-2-9)15-12-7-3-10(14)4-8-12;3-9(7,8)2(4,5)1-6/h1-8,21-22H,9-10H2;1-8,13-14H;6H,1H2. The first-order chi connectivity index (χ1) is 25.3. The molecule has 0 heterocycles. The second-order valence-electron chi connectivity index (χ2n) is 10.0. The van der Waals surface area contributed by atoms with E-state index < -0.39 is 76.4 Å². The minimum Gasteiger partial charge on any atom is -0.508 e. The molecule has 0 saturated heterocycles. The van der Waals surface area contributed by atoms with Crippen molar-refractivity contribution in [3.8, 4) is 23.0 Å². The molecule has 0 radical (unpaired) electrons. The van der Waals surface area contributed by atoms with Crippen LogP contribution in [0.5, 0.6) is 23.0 Å². The highest BCUT2D eigenvalue weighted by molar-refractivity contribution is 8.14. The molecular weight excluding hydrogens is 878 g/mol. The quantitative estimate of drug-likeness (QED) is 0.0572. The van der Waals surface area contributed by atoms with E-state index in [9.17, 15) is 51.6 Å². The maximum Gasteiger partial charge on any atom is 0.402 e. The van der Waals surface area contributed by atoms with Crippen LogP contribution in [0.2, 0.25) is 0 Å². The van der Waals surface area contributed by atoms with Crippen LogP contribution >= 0.6 is 34.2 Å². The van der Waals surface area contributed by atoms with Gasteiger partial charge >= 0.3 is 36.0 Å².